The van der Waals surface area contributed by atoms with Gasteiger partial charge in [-0.3, -0.25) is 5.10 Å². The fourth-order valence-corrected chi connectivity index (χ4v) is 3.72. The summed E-state index contributed by atoms with van der Waals surface area (Å²) in [7, 11) is 0. The third-order valence-electron chi connectivity index (χ3n) is 3.51. The molecule has 1 atom stereocenters. The summed E-state index contributed by atoms with van der Waals surface area (Å²) in [5.41, 5.74) is 3.62. The molecule has 0 fully saturated rings. The second kappa shape index (κ2) is 4.31. The fraction of sp³-hybridized carbons (Fsp3) is 0.133. The first-order valence-corrected chi connectivity index (χ1v) is 7.31. The summed E-state index contributed by atoms with van der Waals surface area (Å²) in [6, 6.07) is 15.2. The van der Waals surface area contributed by atoms with Crippen molar-refractivity contribution in [3.63, 3.8) is 0 Å². The molecule has 3 nitrogen and oxygen atoms in total. The van der Waals surface area contributed by atoms with Gasteiger partial charge in [0.05, 0.1) is 17.8 Å². The number of rotatable bonds is 2. The Morgan fingerprint density at radius 1 is 1.16 bits per heavy atom. The van der Waals surface area contributed by atoms with Crippen LogP contribution in [0.15, 0.2) is 53.6 Å². The molecule has 0 saturated carbocycles. The third-order valence-corrected chi connectivity index (χ3v) is 4.70. The second-order valence-corrected chi connectivity index (χ2v) is 5.74. The molecule has 94 valence electrons. The topological polar surface area (TPSA) is 40.7 Å². The smallest absolute Gasteiger partial charge is 0.0671 e. The average molecular weight is 267 g/mol. The van der Waals surface area contributed by atoms with Gasteiger partial charge in [-0.1, -0.05) is 24.3 Å². The number of aromatic nitrogens is 2. The molecule has 0 spiro atoms. The number of hydrogen-bond donors (Lipinski definition) is 2. The van der Waals surface area contributed by atoms with Crippen molar-refractivity contribution in [1.29, 1.82) is 0 Å². The Kier molecular flexibility index (Phi) is 2.48. The monoisotopic (exact) mass is 267 g/mol. The number of H-pyrrole nitrogens is 1. The lowest BCUT2D eigenvalue weighted by Crippen LogP contribution is -2.09. The number of benzene rings is 2. The summed E-state index contributed by atoms with van der Waals surface area (Å²) in [4.78, 5) is 1.39. The fourth-order valence-electron chi connectivity index (χ4n) is 2.56. The quantitative estimate of drug-likeness (QED) is 0.741. The van der Waals surface area contributed by atoms with Crippen molar-refractivity contribution < 1.29 is 0 Å². The number of thioether (sulfide) groups is 1. The van der Waals surface area contributed by atoms with E-state index >= 15 is 0 Å². The molecule has 1 aromatic heterocycles. The maximum atomic E-state index is 4.11. The van der Waals surface area contributed by atoms with Crippen molar-refractivity contribution >= 4 is 28.4 Å². The highest BCUT2D eigenvalue weighted by molar-refractivity contribution is 7.99. The van der Waals surface area contributed by atoms with Crippen LogP contribution in [-0.4, -0.2) is 16.0 Å². The maximum absolute atomic E-state index is 4.11. The number of nitrogens with one attached hydrogen (secondary N) is 2. The van der Waals surface area contributed by atoms with Crippen LogP contribution in [0, 0.1) is 0 Å². The van der Waals surface area contributed by atoms with E-state index in [4.69, 9.17) is 0 Å². The SMILES string of the molecule is c1ccc2c(c1)SCC2Nc1cccc2[nH]ncc12. The molecular weight excluding hydrogens is 254 g/mol. The number of anilines is 1. The Morgan fingerprint density at radius 3 is 3.11 bits per heavy atom. The highest BCUT2D eigenvalue weighted by Gasteiger charge is 2.22. The highest BCUT2D eigenvalue weighted by Crippen LogP contribution is 2.40. The number of aromatic amines is 1. The average Bonchev–Trinajstić information content (AvgIpc) is 3.06. The summed E-state index contributed by atoms with van der Waals surface area (Å²) < 4.78 is 0. The van der Waals surface area contributed by atoms with Gasteiger partial charge in [0.1, 0.15) is 0 Å². The number of hydrogen-bond acceptors (Lipinski definition) is 3. The molecule has 3 aromatic rings. The van der Waals surface area contributed by atoms with Crippen molar-refractivity contribution in [2.45, 2.75) is 10.9 Å². The number of nitrogens with zero attached hydrogens (tertiary/aromatic N) is 1. The van der Waals surface area contributed by atoms with E-state index in [0.29, 0.717) is 6.04 Å². The van der Waals surface area contributed by atoms with Gasteiger partial charge in [-0.05, 0) is 23.8 Å². The van der Waals surface area contributed by atoms with Crippen molar-refractivity contribution in [1.82, 2.24) is 10.2 Å². The first-order valence-electron chi connectivity index (χ1n) is 6.32. The van der Waals surface area contributed by atoms with Crippen LogP contribution in [0.3, 0.4) is 0 Å². The maximum Gasteiger partial charge on any atom is 0.0671 e. The predicted molar refractivity (Wildman–Crippen MR) is 79.6 cm³/mol. The third kappa shape index (κ3) is 1.79. The van der Waals surface area contributed by atoms with Crippen molar-refractivity contribution in [2.75, 3.05) is 11.1 Å². The van der Waals surface area contributed by atoms with Gasteiger partial charge in [-0.15, -0.1) is 11.8 Å². The molecule has 19 heavy (non-hydrogen) atoms. The molecule has 1 aliphatic rings. The zero-order valence-corrected chi connectivity index (χ0v) is 11.1. The van der Waals surface area contributed by atoms with Gasteiger partial charge in [-0.25, -0.2) is 0 Å². The highest BCUT2D eigenvalue weighted by atomic mass is 32.2. The van der Waals surface area contributed by atoms with Gasteiger partial charge in [0.2, 0.25) is 0 Å². The van der Waals surface area contributed by atoms with Crippen LogP contribution in [0.25, 0.3) is 10.9 Å². The molecular formula is C15H13N3S. The largest absolute Gasteiger partial charge is 0.377 e. The van der Waals surface area contributed by atoms with E-state index < -0.39 is 0 Å². The first kappa shape index (κ1) is 10.9. The zero-order valence-electron chi connectivity index (χ0n) is 10.3. The van der Waals surface area contributed by atoms with Crippen LogP contribution in [-0.2, 0) is 0 Å². The van der Waals surface area contributed by atoms with Gasteiger partial charge >= 0.3 is 0 Å². The predicted octanol–water partition coefficient (Wildman–Crippen LogP) is 3.82. The Morgan fingerprint density at radius 2 is 2.11 bits per heavy atom. The molecule has 4 rings (SSSR count). The molecule has 0 bridgehead atoms. The Bertz CT molecular complexity index is 735. The molecule has 0 amide bonds. The van der Waals surface area contributed by atoms with E-state index in [2.05, 4.69) is 51.9 Å². The van der Waals surface area contributed by atoms with E-state index in [1.165, 1.54) is 10.5 Å². The van der Waals surface area contributed by atoms with Gasteiger partial charge < -0.3 is 5.32 Å². The lowest BCUT2D eigenvalue weighted by molar-refractivity contribution is 0.902. The lowest BCUT2D eigenvalue weighted by atomic mass is 10.1. The van der Waals surface area contributed by atoms with Gasteiger partial charge in [0.15, 0.2) is 0 Å². The molecule has 1 aliphatic heterocycles. The second-order valence-electron chi connectivity index (χ2n) is 4.68. The van der Waals surface area contributed by atoms with E-state index in [1.807, 2.05) is 24.0 Å². The Balaban J connectivity index is 1.71. The normalized spacial score (nSPS) is 17.6. The first-order chi connectivity index (χ1) is 9.42. The minimum Gasteiger partial charge on any atom is -0.377 e. The molecule has 2 aromatic carbocycles. The minimum absolute atomic E-state index is 0.377. The van der Waals surface area contributed by atoms with Crippen LogP contribution in [0.4, 0.5) is 5.69 Å². The molecule has 0 saturated heterocycles. The minimum atomic E-state index is 0.377. The molecule has 1 unspecified atom stereocenters. The van der Waals surface area contributed by atoms with Crippen molar-refractivity contribution in [2.24, 2.45) is 0 Å². The Hall–Kier alpha value is -1.94. The van der Waals surface area contributed by atoms with E-state index in [9.17, 15) is 0 Å². The summed E-state index contributed by atoms with van der Waals surface area (Å²) in [6.07, 6.45) is 1.88. The summed E-state index contributed by atoms with van der Waals surface area (Å²) in [5, 5.41) is 11.9. The molecule has 0 radical (unpaired) electrons. The lowest BCUT2D eigenvalue weighted by Gasteiger charge is -2.15. The van der Waals surface area contributed by atoms with Crippen LogP contribution >= 0.6 is 11.8 Å². The van der Waals surface area contributed by atoms with Crippen LogP contribution < -0.4 is 5.32 Å². The molecule has 2 heterocycles. The summed E-state index contributed by atoms with van der Waals surface area (Å²) in [5.74, 6) is 1.08. The van der Waals surface area contributed by atoms with Crippen LogP contribution in [0.2, 0.25) is 0 Å². The summed E-state index contributed by atoms with van der Waals surface area (Å²) in [6.45, 7) is 0. The molecule has 0 aliphatic carbocycles. The Labute approximate surface area is 115 Å². The van der Waals surface area contributed by atoms with Crippen molar-refractivity contribution in [3.05, 3.63) is 54.2 Å². The van der Waals surface area contributed by atoms with Crippen LogP contribution in [0.5, 0.6) is 0 Å². The van der Waals surface area contributed by atoms with Gasteiger partial charge in [0.25, 0.3) is 0 Å². The van der Waals surface area contributed by atoms with Gasteiger partial charge in [0, 0.05) is 21.7 Å². The van der Waals surface area contributed by atoms with E-state index in [1.54, 1.807) is 0 Å². The summed E-state index contributed by atoms with van der Waals surface area (Å²) >= 11 is 1.92. The van der Waals surface area contributed by atoms with Crippen molar-refractivity contribution in [3.8, 4) is 0 Å². The zero-order chi connectivity index (χ0) is 12.7. The van der Waals surface area contributed by atoms with Crippen LogP contribution in [0.1, 0.15) is 11.6 Å². The van der Waals surface area contributed by atoms with E-state index in [0.717, 1.165) is 22.3 Å². The molecule has 4 heteroatoms. The van der Waals surface area contributed by atoms with Gasteiger partial charge in [-0.2, -0.15) is 5.10 Å². The number of fused-ring (bicyclic) bond motifs is 2. The molecule has 2 N–H and O–H groups in total. The van der Waals surface area contributed by atoms with E-state index in [-0.39, 0.29) is 0 Å². The standard InChI is InChI=1S/C15H13N3S/c1-2-7-15-10(4-1)14(9-19-15)17-12-5-3-6-13-11(12)8-16-18-13/h1-8,14,17H,9H2,(H,16,18).